The van der Waals surface area contributed by atoms with Crippen LogP contribution < -0.4 is 9.46 Å². The number of hydrogen-bond donors (Lipinski definition) is 1. The molecular formula is C22H22Cl2N2O3S. The normalized spacial score (nSPS) is 11.7. The van der Waals surface area contributed by atoms with Crippen molar-refractivity contribution in [1.82, 2.24) is 9.71 Å². The molecule has 0 amide bonds. The second-order valence-electron chi connectivity index (χ2n) is 7.14. The molecule has 0 aliphatic rings. The number of aryl methyl sites for hydroxylation is 1. The molecule has 0 saturated carbocycles. The van der Waals surface area contributed by atoms with E-state index in [1.54, 1.807) is 18.2 Å². The van der Waals surface area contributed by atoms with Gasteiger partial charge in [-0.15, -0.1) is 0 Å². The average molecular weight is 465 g/mol. The van der Waals surface area contributed by atoms with Crippen LogP contribution in [0, 0.1) is 6.92 Å². The summed E-state index contributed by atoms with van der Waals surface area (Å²) in [4.78, 5) is 3.92. The Hall–Kier alpha value is -2.12. The first-order valence-corrected chi connectivity index (χ1v) is 11.6. The van der Waals surface area contributed by atoms with E-state index < -0.39 is 10.0 Å². The third-order valence-electron chi connectivity index (χ3n) is 4.62. The highest BCUT2D eigenvalue weighted by Crippen LogP contribution is 2.39. The first-order chi connectivity index (χ1) is 14.2. The molecule has 3 rings (SSSR count). The Balaban J connectivity index is 1.85. The lowest BCUT2D eigenvalue weighted by molar-refractivity contribution is 0.481. The largest absolute Gasteiger partial charge is 0.454 e. The van der Waals surface area contributed by atoms with Crippen LogP contribution in [0.15, 0.2) is 59.8 Å². The van der Waals surface area contributed by atoms with Crippen LogP contribution in [-0.4, -0.2) is 13.4 Å². The number of aromatic nitrogens is 1. The zero-order valence-corrected chi connectivity index (χ0v) is 19.1. The van der Waals surface area contributed by atoms with Gasteiger partial charge >= 0.3 is 0 Å². The molecule has 0 fully saturated rings. The van der Waals surface area contributed by atoms with E-state index in [4.69, 9.17) is 27.9 Å². The zero-order chi connectivity index (χ0) is 21.9. The van der Waals surface area contributed by atoms with Crippen molar-refractivity contribution >= 4 is 33.2 Å². The maximum absolute atomic E-state index is 12.4. The lowest BCUT2D eigenvalue weighted by Gasteiger charge is -2.16. The van der Waals surface area contributed by atoms with Crippen molar-refractivity contribution in [3.8, 4) is 11.5 Å². The summed E-state index contributed by atoms with van der Waals surface area (Å²) in [7, 11) is -3.72. The highest BCUT2D eigenvalue weighted by molar-refractivity contribution is 7.89. The quantitative estimate of drug-likeness (QED) is 0.459. The van der Waals surface area contributed by atoms with Crippen LogP contribution >= 0.6 is 23.2 Å². The second kappa shape index (κ2) is 9.35. The van der Waals surface area contributed by atoms with Crippen molar-refractivity contribution in [1.29, 1.82) is 0 Å². The first kappa shape index (κ1) is 22.6. The van der Waals surface area contributed by atoms with Crippen LogP contribution in [0.25, 0.3) is 0 Å². The fraction of sp³-hybridized carbons (Fsp3) is 0.227. The molecule has 30 heavy (non-hydrogen) atoms. The third kappa shape index (κ3) is 5.13. The van der Waals surface area contributed by atoms with Gasteiger partial charge in [0.15, 0.2) is 5.75 Å². The molecule has 3 aromatic rings. The first-order valence-electron chi connectivity index (χ1n) is 9.34. The van der Waals surface area contributed by atoms with Crippen LogP contribution in [0.4, 0.5) is 0 Å². The number of sulfonamides is 1. The molecule has 0 aliphatic carbocycles. The highest BCUT2D eigenvalue weighted by Gasteiger charge is 2.18. The van der Waals surface area contributed by atoms with Crippen molar-refractivity contribution in [2.24, 2.45) is 0 Å². The van der Waals surface area contributed by atoms with E-state index in [1.807, 2.05) is 25.1 Å². The van der Waals surface area contributed by atoms with Gasteiger partial charge in [0, 0.05) is 18.9 Å². The summed E-state index contributed by atoms with van der Waals surface area (Å²) in [5, 5.41) is 0.591. The van der Waals surface area contributed by atoms with Gasteiger partial charge in [0.05, 0.1) is 10.0 Å². The van der Waals surface area contributed by atoms with Gasteiger partial charge in [-0.05, 0) is 59.9 Å². The second-order valence-corrected chi connectivity index (χ2v) is 9.69. The molecule has 1 aromatic heterocycles. The van der Waals surface area contributed by atoms with Gasteiger partial charge < -0.3 is 4.74 Å². The fourth-order valence-electron chi connectivity index (χ4n) is 2.99. The van der Waals surface area contributed by atoms with E-state index in [0.29, 0.717) is 22.3 Å². The lowest BCUT2D eigenvalue weighted by Crippen LogP contribution is -2.23. The highest BCUT2D eigenvalue weighted by atomic mass is 35.5. The van der Waals surface area contributed by atoms with Crippen LogP contribution in [-0.2, 0) is 16.6 Å². The number of hydrogen-bond acceptors (Lipinski definition) is 4. The number of halogens is 2. The van der Waals surface area contributed by atoms with Gasteiger partial charge in [-0.2, -0.15) is 0 Å². The maximum Gasteiger partial charge on any atom is 0.242 e. The molecule has 0 aliphatic heterocycles. The molecule has 0 atom stereocenters. The summed E-state index contributed by atoms with van der Waals surface area (Å²) in [6.45, 7) is 6.25. The summed E-state index contributed by atoms with van der Waals surface area (Å²) in [5.41, 5.74) is 2.88. The molecule has 0 unspecified atom stereocenters. The lowest BCUT2D eigenvalue weighted by atomic mass is 9.98. The minimum atomic E-state index is -3.72. The van der Waals surface area contributed by atoms with Gasteiger partial charge in [-0.3, -0.25) is 4.98 Å². The number of pyridine rings is 1. The summed E-state index contributed by atoms with van der Waals surface area (Å²) >= 11 is 12.8. The van der Waals surface area contributed by atoms with E-state index in [2.05, 4.69) is 23.6 Å². The van der Waals surface area contributed by atoms with Gasteiger partial charge in [0.1, 0.15) is 10.6 Å². The van der Waals surface area contributed by atoms with E-state index in [1.165, 1.54) is 29.6 Å². The van der Waals surface area contributed by atoms with Crippen molar-refractivity contribution in [2.75, 3.05) is 0 Å². The topological polar surface area (TPSA) is 68.3 Å². The molecule has 1 N–H and O–H groups in total. The molecule has 0 radical (unpaired) electrons. The Kier molecular flexibility index (Phi) is 7.03. The van der Waals surface area contributed by atoms with E-state index in [9.17, 15) is 8.42 Å². The molecule has 0 saturated heterocycles. The molecule has 0 bridgehead atoms. The zero-order valence-electron chi connectivity index (χ0n) is 16.8. The SMILES string of the molecule is Cc1ccc(Oc2c(Cl)ccc(CNS(=O)(=O)c3cccnc3)c2Cl)cc1C(C)C. The number of ether oxygens (including phenoxy) is 1. The van der Waals surface area contributed by atoms with Gasteiger partial charge in [0.25, 0.3) is 0 Å². The van der Waals surface area contributed by atoms with Crippen molar-refractivity contribution in [3.05, 3.63) is 81.6 Å². The Labute approximate surface area is 187 Å². The van der Waals surface area contributed by atoms with E-state index in [-0.39, 0.29) is 22.2 Å². The van der Waals surface area contributed by atoms with Crippen LogP contribution in [0.3, 0.4) is 0 Å². The number of nitrogens with zero attached hydrogens (tertiary/aromatic N) is 1. The Morgan fingerprint density at radius 1 is 1.13 bits per heavy atom. The molecule has 5 nitrogen and oxygen atoms in total. The predicted octanol–water partition coefficient (Wildman–Crippen LogP) is 6.09. The van der Waals surface area contributed by atoms with Crippen LogP contribution in [0.2, 0.25) is 10.0 Å². The number of rotatable bonds is 7. The van der Waals surface area contributed by atoms with Crippen LogP contribution in [0.5, 0.6) is 11.5 Å². The van der Waals surface area contributed by atoms with Gasteiger partial charge in [-0.1, -0.05) is 49.2 Å². The Morgan fingerprint density at radius 3 is 2.57 bits per heavy atom. The van der Waals surface area contributed by atoms with Gasteiger partial charge in [-0.25, -0.2) is 13.1 Å². The monoisotopic (exact) mass is 464 g/mol. The van der Waals surface area contributed by atoms with Crippen LogP contribution in [0.1, 0.15) is 36.5 Å². The smallest absolute Gasteiger partial charge is 0.242 e. The molecule has 2 aromatic carbocycles. The average Bonchev–Trinajstić information content (AvgIpc) is 2.72. The molecular weight excluding hydrogens is 443 g/mol. The summed E-state index contributed by atoms with van der Waals surface area (Å²) < 4.78 is 33.4. The molecule has 8 heteroatoms. The Bertz CT molecular complexity index is 1150. The van der Waals surface area contributed by atoms with E-state index in [0.717, 1.165) is 0 Å². The maximum atomic E-state index is 12.4. The Morgan fingerprint density at radius 2 is 1.90 bits per heavy atom. The van der Waals surface area contributed by atoms with Crippen molar-refractivity contribution in [3.63, 3.8) is 0 Å². The summed E-state index contributed by atoms with van der Waals surface area (Å²) in [5.74, 6) is 1.24. The number of benzene rings is 2. The standard InChI is InChI=1S/C22H22Cl2N2O3S/c1-14(2)19-11-17(8-6-15(19)3)29-22-20(23)9-7-16(21(22)24)12-26-30(27,28)18-5-4-10-25-13-18/h4-11,13-14,26H,12H2,1-3H3. The van der Waals surface area contributed by atoms with Crippen molar-refractivity contribution < 1.29 is 13.2 Å². The molecule has 1 heterocycles. The molecule has 0 spiro atoms. The summed E-state index contributed by atoms with van der Waals surface area (Å²) in [6.07, 6.45) is 2.79. The van der Waals surface area contributed by atoms with Crippen molar-refractivity contribution in [2.45, 2.75) is 38.1 Å². The molecule has 158 valence electrons. The van der Waals surface area contributed by atoms with E-state index >= 15 is 0 Å². The third-order valence-corrected chi connectivity index (χ3v) is 6.72. The fourth-order valence-corrected chi connectivity index (χ4v) is 4.47. The number of nitrogens with one attached hydrogen (secondary N) is 1. The predicted molar refractivity (Wildman–Crippen MR) is 120 cm³/mol. The summed E-state index contributed by atoms with van der Waals surface area (Å²) in [6, 6.07) is 12.1. The minimum Gasteiger partial charge on any atom is -0.454 e. The van der Waals surface area contributed by atoms with Gasteiger partial charge in [0.2, 0.25) is 10.0 Å². The minimum absolute atomic E-state index is 0.0191.